The van der Waals surface area contributed by atoms with E-state index in [0.717, 1.165) is 19.3 Å². The molecule has 0 unspecified atom stereocenters. The summed E-state index contributed by atoms with van der Waals surface area (Å²) in [6.07, 6.45) is 3.30. The average molecular weight is 190 g/mol. The predicted molar refractivity (Wildman–Crippen MR) is 54.5 cm³/mol. The van der Waals surface area contributed by atoms with Gasteiger partial charge in [-0.3, -0.25) is 0 Å². The molecule has 0 atom stereocenters. The number of aliphatic hydroxyl groups is 1. The molecule has 0 radical (unpaired) electrons. The lowest BCUT2D eigenvalue weighted by atomic mass is 9.83. The zero-order valence-electron chi connectivity index (χ0n) is 9.36. The smallest absolute Gasteiger partial charge is 0.105 e. The first-order valence-electron chi connectivity index (χ1n) is 5.07. The van der Waals surface area contributed by atoms with Crippen molar-refractivity contribution in [2.45, 2.75) is 59.0 Å². The molecule has 2 heteroatoms. The van der Waals surface area contributed by atoms with Crippen LogP contribution in [0.5, 0.6) is 0 Å². The molecule has 0 saturated heterocycles. The minimum atomic E-state index is -1.05. The van der Waals surface area contributed by atoms with Gasteiger partial charge in [-0.25, -0.2) is 4.39 Å². The molecule has 0 fully saturated rings. The van der Waals surface area contributed by atoms with Crippen LogP contribution in [-0.2, 0) is 0 Å². The Bertz CT molecular complexity index is 136. The van der Waals surface area contributed by atoms with Crippen molar-refractivity contribution in [3.63, 3.8) is 0 Å². The Kier molecular flexibility index (Phi) is 4.90. The summed E-state index contributed by atoms with van der Waals surface area (Å²) >= 11 is 0. The van der Waals surface area contributed by atoms with Crippen molar-refractivity contribution in [1.82, 2.24) is 0 Å². The number of aliphatic hydroxyl groups excluding tert-OH is 1. The maximum Gasteiger partial charge on any atom is 0.105 e. The third-order valence-electron chi connectivity index (χ3n) is 2.41. The van der Waals surface area contributed by atoms with Gasteiger partial charge in [0.1, 0.15) is 5.67 Å². The molecule has 80 valence electrons. The van der Waals surface area contributed by atoms with Gasteiger partial charge in [-0.1, -0.05) is 13.8 Å². The van der Waals surface area contributed by atoms with Crippen molar-refractivity contribution in [2.75, 3.05) is 6.61 Å². The highest BCUT2D eigenvalue weighted by Gasteiger charge is 2.20. The fraction of sp³-hybridized carbons (Fsp3) is 1.00. The molecule has 0 aliphatic carbocycles. The fourth-order valence-corrected chi connectivity index (χ4v) is 1.41. The van der Waals surface area contributed by atoms with Crippen LogP contribution in [0.4, 0.5) is 4.39 Å². The summed E-state index contributed by atoms with van der Waals surface area (Å²) in [5.41, 5.74) is -0.894. The van der Waals surface area contributed by atoms with E-state index in [0.29, 0.717) is 6.42 Å². The topological polar surface area (TPSA) is 20.2 Å². The molecule has 0 heterocycles. The van der Waals surface area contributed by atoms with E-state index in [2.05, 4.69) is 13.8 Å². The molecule has 0 saturated carbocycles. The number of hydrogen-bond donors (Lipinski definition) is 1. The summed E-state index contributed by atoms with van der Waals surface area (Å²) in [4.78, 5) is 0. The Morgan fingerprint density at radius 2 is 1.54 bits per heavy atom. The second-order valence-corrected chi connectivity index (χ2v) is 5.21. The first-order chi connectivity index (χ1) is 5.77. The van der Waals surface area contributed by atoms with Gasteiger partial charge in [0.2, 0.25) is 0 Å². The van der Waals surface area contributed by atoms with Crippen LogP contribution in [0.1, 0.15) is 53.4 Å². The van der Waals surface area contributed by atoms with E-state index in [4.69, 9.17) is 5.11 Å². The van der Waals surface area contributed by atoms with E-state index < -0.39 is 5.67 Å². The Morgan fingerprint density at radius 3 is 1.92 bits per heavy atom. The highest BCUT2D eigenvalue weighted by atomic mass is 19.1. The van der Waals surface area contributed by atoms with E-state index in [1.54, 1.807) is 13.8 Å². The molecule has 0 aromatic rings. The standard InChI is InChI=1S/C11H23FO/c1-10(2,8-9-13)6-5-7-11(3,4)12/h13H,5-9H2,1-4H3. The minimum absolute atomic E-state index is 0.153. The van der Waals surface area contributed by atoms with Crippen LogP contribution in [0.2, 0.25) is 0 Å². The zero-order chi connectivity index (χ0) is 10.5. The van der Waals surface area contributed by atoms with Crippen molar-refractivity contribution >= 4 is 0 Å². The number of hydrogen-bond acceptors (Lipinski definition) is 1. The number of halogens is 1. The Hall–Kier alpha value is -0.110. The van der Waals surface area contributed by atoms with E-state index in [9.17, 15) is 4.39 Å². The summed E-state index contributed by atoms with van der Waals surface area (Å²) in [6, 6.07) is 0. The summed E-state index contributed by atoms with van der Waals surface area (Å²) in [5, 5.41) is 8.79. The molecule has 1 N–H and O–H groups in total. The molecular formula is C11H23FO. The highest BCUT2D eigenvalue weighted by molar-refractivity contribution is 4.72. The lowest BCUT2D eigenvalue weighted by Crippen LogP contribution is -2.16. The monoisotopic (exact) mass is 190 g/mol. The summed E-state index contributed by atoms with van der Waals surface area (Å²) in [5.74, 6) is 0. The minimum Gasteiger partial charge on any atom is -0.396 e. The number of rotatable bonds is 6. The molecule has 0 aliphatic heterocycles. The van der Waals surface area contributed by atoms with Gasteiger partial charge in [-0.05, 0) is 44.9 Å². The van der Waals surface area contributed by atoms with Gasteiger partial charge in [0.05, 0.1) is 0 Å². The molecule has 13 heavy (non-hydrogen) atoms. The fourth-order valence-electron chi connectivity index (χ4n) is 1.41. The Labute approximate surface area is 81.3 Å². The maximum absolute atomic E-state index is 13.1. The van der Waals surface area contributed by atoms with E-state index in [-0.39, 0.29) is 12.0 Å². The average Bonchev–Trinajstić information content (AvgIpc) is 1.82. The molecular weight excluding hydrogens is 167 g/mol. The first-order valence-corrected chi connectivity index (χ1v) is 5.07. The van der Waals surface area contributed by atoms with Crippen LogP contribution >= 0.6 is 0 Å². The summed E-state index contributed by atoms with van der Waals surface area (Å²) in [6.45, 7) is 7.70. The van der Waals surface area contributed by atoms with Crippen molar-refractivity contribution < 1.29 is 9.50 Å². The van der Waals surface area contributed by atoms with Gasteiger partial charge in [-0.2, -0.15) is 0 Å². The van der Waals surface area contributed by atoms with Crippen LogP contribution in [0, 0.1) is 5.41 Å². The van der Waals surface area contributed by atoms with Gasteiger partial charge in [0, 0.05) is 6.61 Å². The maximum atomic E-state index is 13.1. The third kappa shape index (κ3) is 8.23. The van der Waals surface area contributed by atoms with Gasteiger partial charge < -0.3 is 5.11 Å². The quantitative estimate of drug-likeness (QED) is 0.681. The Balaban J connectivity index is 3.63. The van der Waals surface area contributed by atoms with Crippen molar-refractivity contribution in [3.8, 4) is 0 Å². The van der Waals surface area contributed by atoms with Gasteiger partial charge in [0.15, 0.2) is 0 Å². The molecule has 0 aromatic heterocycles. The van der Waals surface area contributed by atoms with E-state index >= 15 is 0 Å². The van der Waals surface area contributed by atoms with E-state index in [1.165, 1.54) is 0 Å². The Morgan fingerprint density at radius 1 is 1.00 bits per heavy atom. The number of alkyl halides is 1. The van der Waals surface area contributed by atoms with E-state index in [1.807, 2.05) is 0 Å². The molecule has 0 rings (SSSR count). The molecule has 1 nitrogen and oxygen atoms in total. The molecule has 0 aromatic carbocycles. The van der Waals surface area contributed by atoms with Crippen LogP contribution in [-0.4, -0.2) is 17.4 Å². The summed E-state index contributed by atoms with van der Waals surface area (Å²) in [7, 11) is 0. The first kappa shape index (κ1) is 12.9. The van der Waals surface area contributed by atoms with Crippen LogP contribution in [0.3, 0.4) is 0 Å². The van der Waals surface area contributed by atoms with Gasteiger partial charge in [0.25, 0.3) is 0 Å². The van der Waals surface area contributed by atoms with Crippen molar-refractivity contribution in [2.24, 2.45) is 5.41 Å². The van der Waals surface area contributed by atoms with Gasteiger partial charge >= 0.3 is 0 Å². The van der Waals surface area contributed by atoms with Crippen LogP contribution < -0.4 is 0 Å². The largest absolute Gasteiger partial charge is 0.396 e. The lowest BCUT2D eigenvalue weighted by molar-refractivity contribution is 0.166. The second kappa shape index (κ2) is 4.94. The van der Waals surface area contributed by atoms with Crippen LogP contribution in [0.25, 0.3) is 0 Å². The normalized spacial score (nSPS) is 13.4. The lowest BCUT2D eigenvalue weighted by Gasteiger charge is -2.24. The molecule has 0 bridgehead atoms. The third-order valence-corrected chi connectivity index (χ3v) is 2.41. The molecule has 0 aliphatic rings. The van der Waals surface area contributed by atoms with Crippen molar-refractivity contribution in [3.05, 3.63) is 0 Å². The second-order valence-electron chi connectivity index (χ2n) is 5.21. The summed E-state index contributed by atoms with van der Waals surface area (Å²) < 4.78 is 13.1. The zero-order valence-corrected chi connectivity index (χ0v) is 9.36. The SMILES string of the molecule is CC(C)(F)CCCC(C)(C)CCO. The molecule has 0 amide bonds. The predicted octanol–water partition coefficient (Wildman–Crippen LogP) is 3.31. The molecule has 0 spiro atoms. The van der Waals surface area contributed by atoms with Crippen molar-refractivity contribution in [1.29, 1.82) is 0 Å². The highest BCUT2D eigenvalue weighted by Crippen LogP contribution is 2.29. The van der Waals surface area contributed by atoms with Crippen LogP contribution in [0.15, 0.2) is 0 Å². The van der Waals surface area contributed by atoms with Gasteiger partial charge in [-0.15, -0.1) is 0 Å².